The van der Waals surface area contributed by atoms with Crippen LogP contribution in [0.25, 0.3) is 0 Å². The van der Waals surface area contributed by atoms with E-state index in [0.29, 0.717) is 16.5 Å². The van der Waals surface area contributed by atoms with E-state index in [1.54, 1.807) is 18.2 Å². The highest BCUT2D eigenvalue weighted by molar-refractivity contribution is 7.92. The molecule has 0 saturated heterocycles. The van der Waals surface area contributed by atoms with E-state index in [1.165, 1.54) is 12.1 Å². The van der Waals surface area contributed by atoms with Gasteiger partial charge in [-0.25, -0.2) is 8.42 Å². The van der Waals surface area contributed by atoms with Crippen LogP contribution in [0.15, 0.2) is 47.4 Å². The highest BCUT2D eigenvalue weighted by atomic mass is 35.5. The zero-order chi connectivity index (χ0) is 16.2. The van der Waals surface area contributed by atoms with E-state index >= 15 is 0 Å². The molecule has 0 aromatic heterocycles. The molecule has 23 heavy (non-hydrogen) atoms. The second kappa shape index (κ2) is 5.12. The normalized spacial score (nSPS) is 25.4. The first kappa shape index (κ1) is 14.8. The molecule has 0 spiro atoms. The summed E-state index contributed by atoms with van der Waals surface area (Å²) in [5.41, 5.74) is 6.92. The third kappa shape index (κ3) is 2.38. The van der Waals surface area contributed by atoms with Gasteiger partial charge in [-0.15, -0.1) is 0 Å². The van der Waals surface area contributed by atoms with Crippen LogP contribution in [-0.2, 0) is 9.84 Å². The summed E-state index contributed by atoms with van der Waals surface area (Å²) >= 11 is 5.82. The molecule has 1 heterocycles. The van der Waals surface area contributed by atoms with Crippen LogP contribution in [-0.4, -0.2) is 26.5 Å². The molecule has 1 saturated carbocycles. The second-order valence-electron chi connectivity index (χ2n) is 5.68. The maximum atomic E-state index is 12.8. The topological polar surface area (TPSA) is 78.6 Å². The van der Waals surface area contributed by atoms with Crippen molar-refractivity contribution in [1.82, 2.24) is 0 Å². The Labute approximate surface area is 138 Å². The van der Waals surface area contributed by atoms with E-state index in [0.717, 1.165) is 5.56 Å². The van der Waals surface area contributed by atoms with Gasteiger partial charge in [-0.1, -0.05) is 17.7 Å². The molecule has 2 aliphatic rings. The SMILES string of the molecule is N[C@@H]1[C@H](c2ccc3c(c2)OCO3)[C@H]1S(=O)(=O)c1ccc(Cl)cc1. The van der Waals surface area contributed by atoms with Crippen molar-refractivity contribution in [3.8, 4) is 11.5 Å². The zero-order valence-electron chi connectivity index (χ0n) is 12.0. The predicted molar refractivity (Wildman–Crippen MR) is 85.7 cm³/mol. The molecule has 0 amide bonds. The van der Waals surface area contributed by atoms with Crippen LogP contribution < -0.4 is 15.2 Å². The summed E-state index contributed by atoms with van der Waals surface area (Å²) < 4.78 is 36.1. The molecular weight excluding hydrogens is 338 g/mol. The molecular formula is C16H14ClNO4S. The average Bonchev–Trinajstić information content (AvgIpc) is 3.01. The number of rotatable bonds is 3. The lowest BCUT2D eigenvalue weighted by atomic mass is 10.1. The third-order valence-corrected chi connectivity index (χ3v) is 6.79. The summed E-state index contributed by atoms with van der Waals surface area (Å²) in [7, 11) is -3.50. The van der Waals surface area contributed by atoms with Crippen molar-refractivity contribution in [2.24, 2.45) is 5.73 Å². The number of fused-ring (bicyclic) bond motifs is 1. The molecule has 1 fully saturated rings. The number of nitrogens with two attached hydrogens (primary N) is 1. The van der Waals surface area contributed by atoms with E-state index in [-0.39, 0.29) is 17.6 Å². The van der Waals surface area contributed by atoms with Gasteiger partial charge in [0, 0.05) is 17.0 Å². The molecule has 1 aliphatic heterocycles. The van der Waals surface area contributed by atoms with Crippen LogP contribution in [0.1, 0.15) is 11.5 Å². The van der Waals surface area contributed by atoms with Gasteiger partial charge in [-0.05, 0) is 42.0 Å². The van der Waals surface area contributed by atoms with Crippen LogP contribution >= 0.6 is 11.6 Å². The number of halogens is 1. The minimum atomic E-state index is -3.50. The fourth-order valence-electron chi connectivity index (χ4n) is 3.02. The number of benzene rings is 2. The Morgan fingerprint density at radius 3 is 2.48 bits per heavy atom. The van der Waals surface area contributed by atoms with Crippen molar-refractivity contribution in [3.05, 3.63) is 53.1 Å². The van der Waals surface area contributed by atoms with E-state index in [9.17, 15) is 8.42 Å². The molecule has 0 radical (unpaired) electrons. The molecule has 1 aliphatic carbocycles. The van der Waals surface area contributed by atoms with Crippen molar-refractivity contribution in [2.45, 2.75) is 22.1 Å². The average molecular weight is 352 g/mol. The fraction of sp³-hybridized carbons (Fsp3) is 0.250. The summed E-state index contributed by atoms with van der Waals surface area (Å²) in [6.45, 7) is 0.183. The smallest absolute Gasteiger partial charge is 0.231 e. The highest BCUT2D eigenvalue weighted by Gasteiger charge is 2.57. The van der Waals surface area contributed by atoms with E-state index in [4.69, 9.17) is 26.8 Å². The first-order valence-electron chi connectivity index (χ1n) is 7.13. The van der Waals surface area contributed by atoms with Crippen LogP contribution in [0.2, 0.25) is 5.02 Å². The number of ether oxygens (including phenoxy) is 2. The van der Waals surface area contributed by atoms with Gasteiger partial charge in [0.25, 0.3) is 0 Å². The Morgan fingerprint density at radius 2 is 1.74 bits per heavy atom. The van der Waals surface area contributed by atoms with Crippen molar-refractivity contribution in [2.75, 3.05) is 6.79 Å². The first-order valence-corrected chi connectivity index (χ1v) is 9.05. The Morgan fingerprint density at radius 1 is 1.04 bits per heavy atom. The second-order valence-corrected chi connectivity index (χ2v) is 8.22. The summed E-state index contributed by atoms with van der Waals surface area (Å²) in [6.07, 6.45) is 0. The minimum Gasteiger partial charge on any atom is -0.454 e. The quantitative estimate of drug-likeness (QED) is 0.918. The first-order chi connectivity index (χ1) is 11.0. The van der Waals surface area contributed by atoms with Gasteiger partial charge in [-0.3, -0.25) is 0 Å². The van der Waals surface area contributed by atoms with Gasteiger partial charge in [-0.2, -0.15) is 0 Å². The van der Waals surface area contributed by atoms with E-state index < -0.39 is 21.1 Å². The van der Waals surface area contributed by atoms with Crippen molar-refractivity contribution in [1.29, 1.82) is 0 Å². The lowest BCUT2D eigenvalue weighted by molar-refractivity contribution is 0.174. The van der Waals surface area contributed by atoms with Crippen LogP contribution in [0.3, 0.4) is 0 Å². The molecule has 0 bridgehead atoms. The standard InChI is InChI=1S/C16H14ClNO4S/c17-10-2-4-11(5-3-10)23(19,20)16-14(15(16)18)9-1-6-12-13(7-9)22-8-21-12/h1-7,14-16H,8,18H2/t14-,15+,16+/m0/s1. The van der Waals surface area contributed by atoms with Gasteiger partial charge in [0.2, 0.25) is 6.79 Å². The van der Waals surface area contributed by atoms with Crippen molar-refractivity contribution in [3.63, 3.8) is 0 Å². The van der Waals surface area contributed by atoms with Gasteiger partial charge in [0.05, 0.1) is 10.1 Å². The molecule has 0 unspecified atom stereocenters. The lowest BCUT2D eigenvalue weighted by Gasteiger charge is -2.05. The van der Waals surface area contributed by atoms with Crippen LogP contribution in [0.5, 0.6) is 11.5 Å². The Kier molecular flexibility index (Phi) is 3.30. The molecule has 7 heteroatoms. The van der Waals surface area contributed by atoms with Gasteiger partial charge in [0.1, 0.15) is 0 Å². The third-order valence-electron chi connectivity index (χ3n) is 4.29. The molecule has 120 valence electrons. The largest absolute Gasteiger partial charge is 0.454 e. The number of hydrogen-bond donors (Lipinski definition) is 1. The zero-order valence-corrected chi connectivity index (χ0v) is 13.5. The Bertz CT molecular complexity index is 866. The van der Waals surface area contributed by atoms with Crippen molar-refractivity contribution < 1.29 is 17.9 Å². The Hall–Kier alpha value is -1.76. The summed E-state index contributed by atoms with van der Waals surface area (Å²) in [5.74, 6) is 1.05. The number of hydrogen-bond acceptors (Lipinski definition) is 5. The van der Waals surface area contributed by atoms with Gasteiger partial charge >= 0.3 is 0 Å². The van der Waals surface area contributed by atoms with E-state index in [2.05, 4.69) is 0 Å². The molecule has 4 rings (SSSR count). The van der Waals surface area contributed by atoms with Crippen LogP contribution in [0, 0.1) is 0 Å². The Balaban J connectivity index is 1.65. The minimum absolute atomic E-state index is 0.183. The summed E-state index contributed by atoms with van der Waals surface area (Å²) in [4.78, 5) is 0.241. The van der Waals surface area contributed by atoms with Gasteiger partial charge in [0.15, 0.2) is 21.3 Å². The molecule has 3 atom stereocenters. The molecule has 5 nitrogen and oxygen atoms in total. The lowest BCUT2D eigenvalue weighted by Crippen LogP contribution is -2.15. The number of sulfone groups is 1. The van der Waals surface area contributed by atoms with Gasteiger partial charge < -0.3 is 15.2 Å². The predicted octanol–water partition coefficient (Wildman–Crippen LogP) is 2.34. The fourth-order valence-corrected chi connectivity index (χ4v) is 5.19. The summed E-state index contributed by atoms with van der Waals surface area (Å²) in [6, 6.07) is 11.2. The van der Waals surface area contributed by atoms with Crippen LogP contribution in [0.4, 0.5) is 0 Å². The summed E-state index contributed by atoms with van der Waals surface area (Å²) in [5, 5.41) is -0.139. The molecule has 2 aromatic carbocycles. The van der Waals surface area contributed by atoms with Crippen molar-refractivity contribution >= 4 is 21.4 Å². The highest BCUT2D eigenvalue weighted by Crippen LogP contribution is 2.49. The molecule has 2 N–H and O–H groups in total. The maximum absolute atomic E-state index is 12.8. The monoisotopic (exact) mass is 351 g/mol. The molecule has 2 aromatic rings. The maximum Gasteiger partial charge on any atom is 0.231 e. The van der Waals surface area contributed by atoms with E-state index in [1.807, 2.05) is 12.1 Å².